The molecule has 1 aromatic heterocycles. The van der Waals surface area contributed by atoms with E-state index in [4.69, 9.17) is 0 Å². The van der Waals surface area contributed by atoms with E-state index in [-0.39, 0.29) is 17.5 Å². The van der Waals surface area contributed by atoms with Crippen LogP contribution in [0.3, 0.4) is 0 Å². The number of benzene rings is 1. The van der Waals surface area contributed by atoms with Crippen molar-refractivity contribution in [1.29, 1.82) is 0 Å². The van der Waals surface area contributed by atoms with E-state index in [2.05, 4.69) is 5.32 Å². The van der Waals surface area contributed by atoms with Crippen LogP contribution in [-0.2, 0) is 16.4 Å². The molecule has 1 atom stereocenters. The lowest BCUT2D eigenvalue weighted by molar-refractivity contribution is 0.0701. The molecule has 2 aromatic rings. The molecular weight excluding hydrogens is 310 g/mol. The molecule has 1 aromatic carbocycles. The lowest BCUT2D eigenvalue weighted by Crippen LogP contribution is -2.29. The molecular formula is C14H15NO4S2. The Kier molecular flexibility index (Phi) is 3.73. The molecule has 3 rings (SSSR count). The summed E-state index contributed by atoms with van der Waals surface area (Å²) < 4.78 is 23.9. The fourth-order valence-corrected chi connectivity index (χ4v) is 5.42. The summed E-state index contributed by atoms with van der Waals surface area (Å²) >= 11 is 1.26. The first-order valence-corrected chi connectivity index (χ1v) is 9.27. The second-order valence-electron chi connectivity index (χ2n) is 5.19. The zero-order valence-corrected chi connectivity index (χ0v) is 12.8. The molecule has 0 aliphatic carbocycles. The van der Waals surface area contributed by atoms with Gasteiger partial charge in [-0.2, -0.15) is 0 Å². The van der Waals surface area contributed by atoms with Gasteiger partial charge in [0.25, 0.3) is 0 Å². The summed E-state index contributed by atoms with van der Waals surface area (Å²) in [4.78, 5) is 11.7. The molecule has 1 saturated heterocycles. The minimum atomic E-state index is -2.93. The Morgan fingerprint density at radius 1 is 1.38 bits per heavy atom. The molecule has 1 fully saturated rings. The van der Waals surface area contributed by atoms with Crippen LogP contribution in [0.15, 0.2) is 24.3 Å². The summed E-state index contributed by atoms with van der Waals surface area (Å²) in [5.41, 5.74) is 0.743. The molecule has 2 N–H and O–H groups in total. The highest BCUT2D eigenvalue weighted by atomic mass is 32.2. The molecule has 0 bridgehead atoms. The van der Waals surface area contributed by atoms with Gasteiger partial charge in [0.1, 0.15) is 4.88 Å². The molecule has 1 unspecified atom stereocenters. The van der Waals surface area contributed by atoms with Crippen molar-refractivity contribution in [2.24, 2.45) is 0 Å². The normalized spacial score (nSPS) is 20.9. The molecule has 0 saturated carbocycles. The van der Waals surface area contributed by atoms with E-state index in [9.17, 15) is 18.3 Å². The number of hydrogen-bond acceptors (Lipinski definition) is 5. The van der Waals surface area contributed by atoms with Crippen LogP contribution in [-0.4, -0.2) is 37.0 Å². The summed E-state index contributed by atoms with van der Waals surface area (Å²) in [6.07, 6.45) is 0.590. The van der Waals surface area contributed by atoms with E-state index in [0.717, 1.165) is 15.6 Å². The topological polar surface area (TPSA) is 83.5 Å². The Hall–Kier alpha value is -1.44. The monoisotopic (exact) mass is 325 g/mol. The average molecular weight is 325 g/mol. The van der Waals surface area contributed by atoms with Gasteiger partial charge in [0.2, 0.25) is 0 Å². The Bertz CT molecular complexity index is 794. The average Bonchev–Trinajstić information content (AvgIpc) is 2.96. The van der Waals surface area contributed by atoms with Crippen LogP contribution in [0.5, 0.6) is 0 Å². The predicted octanol–water partition coefficient (Wildman–Crippen LogP) is 1.88. The Labute approximate surface area is 126 Å². The zero-order chi connectivity index (χ0) is 15.0. The van der Waals surface area contributed by atoms with Crippen molar-refractivity contribution in [2.75, 3.05) is 11.5 Å². The minimum absolute atomic E-state index is 0.0877. The lowest BCUT2D eigenvalue weighted by Gasteiger charge is -2.10. The Morgan fingerprint density at radius 2 is 2.14 bits per heavy atom. The Morgan fingerprint density at radius 3 is 2.81 bits per heavy atom. The lowest BCUT2D eigenvalue weighted by atomic mass is 10.1. The number of nitrogens with one attached hydrogen (secondary N) is 1. The van der Waals surface area contributed by atoms with E-state index < -0.39 is 15.8 Å². The molecule has 0 radical (unpaired) electrons. The number of carboxylic acid groups (broad SMARTS) is 1. The minimum Gasteiger partial charge on any atom is -0.477 e. The van der Waals surface area contributed by atoms with Crippen molar-refractivity contribution < 1.29 is 18.3 Å². The highest BCUT2D eigenvalue weighted by molar-refractivity contribution is 7.91. The molecule has 0 amide bonds. The molecule has 0 spiro atoms. The van der Waals surface area contributed by atoms with Crippen LogP contribution >= 0.6 is 11.3 Å². The first-order valence-electron chi connectivity index (χ1n) is 6.64. The summed E-state index contributed by atoms with van der Waals surface area (Å²) in [6.45, 7) is 0.381. The molecule has 1 aliphatic rings. The summed E-state index contributed by atoms with van der Waals surface area (Å²) in [5.74, 6) is -0.592. The maximum atomic E-state index is 11.5. The fourth-order valence-electron chi connectivity index (χ4n) is 2.65. The van der Waals surface area contributed by atoms with Crippen LogP contribution in [0, 0.1) is 0 Å². The zero-order valence-electron chi connectivity index (χ0n) is 11.2. The van der Waals surface area contributed by atoms with Gasteiger partial charge in [-0.1, -0.05) is 18.2 Å². The predicted molar refractivity (Wildman–Crippen MR) is 82.7 cm³/mol. The summed E-state index contributed by atoms with van der Waals surface area (Å²) in [5, 5.41) is 13.4. The quantitative estimate of drug-likeness (QED) is 0.897. The van der Waals surface area contributed by atoms with Gasteiger partial charge in [0.15, 0.2) is 9.84 Å². The molecule has 21 heavy (non-hydrogen) atoms. The van der Waals surface area contributed by atoms with Crippen molar-refractivity contribution >= 4 is 37.2 Å². The van der Waals surface area contributed by atoms with Crippen LogP contribution in [0.1, 0.15) is 21.7 Å². The van der Waals surface area contributed by atoms with E-state index >= 15 is 0 Å². The number of sulfone groups is 1. The number of thiophene rings is 1. The second-order valence-corrected chi connectivity index (χ2v) is 8.47. The SMILES string of the molecule is O=C(O)c1sc2ccccc2c1CNC1CCS(=O)(=O)C1. The fraction of sp³-hybridized carbons (Fsp3) is 0.357. The second kappa shape index (κ2) is 5.40. The van der Waals surface area contributed by atoms with Crippen molar-refractivity contribution in [1.82, 2.24) is 5.32 Å². The maximum Gasteiger partial charge on any atom is 0.346 e. The molecule has 7 heteroatoms. The first-order chi connectivity index (χ1) is 9.96. The number of carboxylic acids is 1. The molecule has 112 valence electrons. The number of rotatable bonds is 4. The highest BCUT2D eigenvalue weighted by Gasteiger charge is 2.28. The van der Waals surface area contributed by atoms with Gasteiger partial charge < -0.3 is 10.4 Å². The van der Waals surface area contributed by atoms with Gasteiger partial charge in [-0.3, -0.25) is 0 Å². The first kappa shape index (κ1) is 14.5. The third-order valence-corrected chi connectivity index (χ3v) is 6.66. The number of carbonyl (C=O) groups is 1. The molecule has 1 aliphatic heterocycles. The highest BCUT2D eigenvalue weighted by Crippen LogP contribution is 2.31. The van der Waals surface area contributed by atoms with Gasteiger partial charge >= 0.3 is 5.97 Å². The van der Waals surface area contributed by atoms with Crippen LogP contribution in [0.25, 0.3) is 10.1 Å². The number of fused-ring (bicyclic) bond motifs is 1. The Balaban J connectivity index is 1.86. The number of hydrogen-bond donors (Lipinski definition) is 2. The van der Waals surface area contributed by atoms with E-state index in [1.165, 1.54) is 11.3 Å². The van der Waals surface area contributed by atoms with Crippen LogP contribution < -0.4 is 5.32 Å². The van der Waals surface area contributed by atoms with E-state index in [1.807, 2.05) is 24.3 Å². The maximum absolute atomic E-state index is 11.5. The molecule has 5 nitrogen and oxygen atoms in total. The van der Waals surface area contributed by atoms with E-state index in [1.54, 1.807) is 0 Å². The number of aromatic carboxylic acids is 1. The van der Waals surface area contributed by atoms with Crippen LogP contribution in [0.4, 0.5) is 0 Å². The van der Waals surface area contributed by atoms with Crippen LogP contribution in [0.2, 0.25) is 0 Å². The van der Waals surface area contributed by atoms with Crippen molar-refractivity contribution in [3.8, 4) is 0 Å². The third-order valence-electron chi connectivity index (χ3n) is 3.69. The standard InChI is InChI=1S/C14H15NO4S2/c16-14(17)13-11(10-3-1-2-4-12(10)20-13)7-15-9-5-6-21(18,19)8-9/h1-4,9,15H,5-8H2,(H,16,17). The van der Waals surface area contributed by atoms with Crippen molar-refractivity contribution in [2.45, 2.75) is 19.0 Å². The van der Waals surface area contributed by atoms with Crippen molar-refractivity contribution in [3.05, 3.63) is 34.7 Å². The summed E-state index contributed by atoms with van der Waals surface area (Å²) in [7, 11) is -2.93. The van der Waals surface area contributed by atoms with Gasteiger partial charge in [-0.15, -0.1) is 11.3 Å². The van der Waals surface area contributed by atoms with Crippen molar-refractivity contribution in [3.63, 3.8) is 0 Å². The third kappa shape index (κ3) is 2.95. The van der Waals surface area contributed by atoms with Gasteiger partial charge in [0, 0.05) is 17.3 Å². The smallest absolute Gasteiger partial charge is 0.346 e. The van der Waals surface area contributed by atoms with E-state index in [0.29, 0.717) is 17.8 Å². The molecule has 2 heterocycles. The largest absolute Gasteiger partial charge is 0.477 e. The van der Waals surface area contributed by atoms with Gasteiger partial charge in [-0.25, -0.2) is 13.2 Å². The summed E-state index contributed by atoms with van der Waals surface area (Å²) in [6, 6.07) is 7.47. The van der Waals surface area contributed by atoms with Gasteiger partial charge in [-0.05, 0) is 23.4 Å². The van der Waals surface area contributed by atoms with Gasteiger partial charge in [0.05, 0.1) is 11.5 Å².